The summed E-state index contributed by atoms with van der Waals surface area (Å²) in [5.41, 5.74) is 2.42. The third-order valence-electron chi connectivity index (χ3n) is 3.01. The molecule has 0 unspecified atom stereocenters. The number of alkyl halides is 1. The van der Waals surface area contributed by atoms with E-state index in [1.54, 1.807) is 29.7 Å². The first-order valence-electron chi connectivity index (χ1n) is 5.70. The van der Waals surface area contributed by atoms with Crippen LogP contribution in [0.3, 0.4) is 0 Å². The van der Waals surface area contributed by atoms with Crippen LogP contribution >= 0.6 is 27.5 Å². The molecule has 0 fully saturated rings. The average molecular weight is 345 g/mol. The van der Waals surface area contributed by atoms with Crippen LogP contribution in [0.2, 0.25) is 0 Å². The van der Waals surface area contributed by atoms with Gasteiger partial charge in [-0.2, -0.15) is 0 Å². The Kier molecular flexibility index (Phi) is 4.11. The second-order valence-electron chi connectivity index (χ2n) is 4.25. The van der Waals surface area contributed by atoms with E-state index in [4.69, 9.17) is 11.6 Å². The molecule has 0 aliphatic heterocycles. The Morgan fingerprint density at radius 3 is 2.68 bits per heavy atom. The van der Waals surface area contributed by atoms with Crippen molar-refractivity contribution in [1.29, 1.82) is 0 Å². The monoisotopic (exact) mass is 343 g/mol. The molecule has 1 heterocycles. The maximum absolute atomic E-state index is 14.0. The summed E-state index contributed by atoms with van der Waals surface area (Å²) in [4.78, 5) is 11.8. The van der Waals surface area contributed by atoms with Gasteiger partial charge in [0.15, 0.2) is 5.78 Å². The summed E-state index contributed by atoms with van der Waals surface area (Å²) >= 11 is 8.93. The summed E-state index contributed by atoms with van der Waals surface area (Å²) in [6.07, 6.45) is 0. The molecule has 0 atom stereocenters. The minimum absolute atomic E-state index is 0.0806. The van der Waals surface area contributed by atoms with Crippen molar-refractivity contribution in [3.8, 4) is 5.69 Å². The Hall–Kier alpha value is -1.13. The number of ketones is 1. The van der Waals surface area contributed by atoms with Crippen molar-refractivity contribution < 1.29 is 9.18 Å². The molecule has 0 aliphatic rings. The van der Waals surface area contributed by atoms with Crippen LogP contribution < -0.4 is 0 Å². The molecule has 0 N–H and O–H groups in total. The van der Waals surface area contributed by atoms with E-state index >= 15 is 0 Å². The number of rotatable bonds is 3. The molecule has 19 heavy (non-hydrogen) atoms. The average Bonchev–Trinajstić information content (AvgIpc) is 2.65. The van der Waals surface area contributed by atoms with Crippen molar-refractivity contribution in [2.45, 2.75) is 13.8 Å². The van der Waals surface area contributed by atoms with Gasteiger partial charge in [-0.15, -0.1) is 11.6 Å². The molecule has 0 saturated carbocycles. The lowest BCUT2D eigenvalue weighted by molar-refractivity contribution is 0.102. The molecule has 2 nitrogen and oxygen atoms in total. The fourth-order valence-electron chi connectivity index (χ4n) is 2.16. The van der Waals surface area contributed by atoms with Gasteiger partial charge in [-0.05, 0) is 48.0 Å². The largest absolute Gasteiger partial charge is 0.314 e. The van der Waals surface area contributed by atoms with Gasteiger partial charge in [0.1, 0.15) is 5.82 Å². The van der Waals surface area contributed by atoms with Gasteiger partial charge in [-0.1, -0.05) is 6.07 Å². The van der Waals surface area contributed by atoms with Crippen LogP contribution in [0.25, 0.3) is 5.69 Å². The van der Waals surface area contributed by atoms with Gasteiger partial charge < -0.3 is 4.57 Å². The third kappa shape index (κ3) is 2.47. The van der Waals surface area contributed by atoms with Gasteiger partial charge in [0, 0.05) is 21.4 Å². The molecule has 5 heteroatoms. The van der Waals surface area contributed by atoms with Crippen molar-refractivity contribution in [3.05, 3.63) is 51.5 Å². The molecule has 2 aromatic rings. The van der Waals surface area contributed by atoms with Crippen LogP contribution in [-0.2, 0) is 0 Å². The van der Waals surface area contributed by atoms with Crippen molar-refractivity contribution in [2.75, 3.05) is 5.88 Å². The van der Waals surface area contributed by atoms with Gasteiger partial charge in [0.25, 0.3) is 0 Å². The lowest BCUT2D eigenvalue weighted by Gasteiger charge is -2.12. The molecule has 2 rings (SSSR count). The SMILES string of the molecule is Cc1cc(C(=O)CCl)c(C)n1-c1c(F)cccc1Br. The van der Waals surface area contributed by atoms with Crippen molar-refractivity contribution in [2.24, 2.45) is 0 Å². The number of benzene rings is 1. The van der Waals surface area contributed by atoms with E-state index in [9.17, 15) is 9.18 Å². The van der Waals surface area contributed by atoms with Gasteiger partial charge in [-0.25, -0.2) is 4.39 Å². The summed E-state index contributed by atoms with van der Waals surface area (Å²) in [6.45, 7) is 3.61. The number of carbonyl (C=O) groups is 1. The predicted molar refractivity (Wildman–Crippen MR) is 78.0 cm³/mol. The van der Waals surface area contributed by atoms with E-state index in [0.29, 0.717) is 21.4 Å². The van der Waals surface area contributed by atoms with Gasteiger partial charge in [0.2, 0.25) is 0 Å². The number of hydrogen-bond acceptors (Lipinski definition) is 1. The highest BCUT2D eigenvalue weighted by Gasteiger charge is 2.19. The highest BCUT2D eigenvalue weighted by atomic mass is 79.9. The zero-order chi connectivity index (χ0) is 14.2. The first-order valence-corrected chi connectivity index (χ1v) is 7.02. The topological polar surface area (TPSA) is 22.0 Å². The molecule has 0 bridgehead atoms. The number of halogens is 3. The zero-order valence-electron chi connectivity index (χ0n) is 10.5. The van der Waals surface area contributed by atoms with E-state index in [-0.39, 0.29) is 17.5 Å². The van der Waals surface area contributed by atoms with Crippen LogP contribution in [0.15, 0.2) is 28.7 Å². The van der Waals surface area contributed by atoms with E-state index in [2.05, 4.69) is 15.9 Å². The minimum Gasteiger partial charge on any atom is -0.314 e. The Morgan fingerprint density at radius 2 is 2.11 bits per heavy atom. The van der Waals surface area contributed by atoms with Crippen molar-refractivity contribution in [1.82, 2.24) is 4.57 Å². The summed E-state index contributed by atoms with van der Waals surface area (Å²) in [6, 6.07) is 6.52. The lowest BCUT2D eigenvalue weighted by Crippen LogP contribution is -2.06. The number of aryl methyl sites for hydroxylation is 1. The Morgan fingerprint density at radius 1 is 1.42 bits per heavy atom. The zero-order valence-corrected chi connectivity index (χ0v) is 12.8. The first-order chi connectivity index (χ1) is 8.97. The smallest absolute Gasteiger partial charge is 0.179 e. The number of para-hydroxylation sites is 1. The predicted octanol–water partition coefficient (Wildman–Crippen LogP) is 4.42. The van der Waals surface area contributed by atoms with Gasteiger partial charge >= 0.3 is 0 Å². The summed E-state index contributed by atoms with van der Waals surface area (Å²) in [5.74, 6) is -0.586. The second kappa shape index (κ2) is 5.47. The number of aromatic nitrogens is 1. The van der Waals surface area contributed by atoms with Crippen LogP contribution in [0, 0.1) is 19.7 Å². The van der Waals surface area contributed by atoms with E-state index in [1.807, 2.05) is 6.92 Å². The third-order valence-corrected chi connectivity index (χ3v) is 3.90. The van der Waals surface area contributed by atoms with Crippen molar-refractivity contribution in [3.63, 3.8) is 0 Å². The second-order valence-corrected chi connectivity index (χ2v) is 5.37. The van der Waals surface area contributed by atoms with E-state index < -0.39 is 0 Å². The van der Waals surface area contributed by atoms with E-state index in [0.717, 1.165) is 5.69 Å². The summed E-state index contributed by atoms with van der Waals surface area (Å²) in [7, 11) is 0. The molecular formula is C14H12BrClFNO. The molecule has 0 amide bonds. The Bertz CT molecular complexity index is 631. The minimum atomic E-state index is -0.346. The fourth-order valence-corrected chi connectivity index (χ4v) is 2.83. The Labute approximate surface area is 124 Å². The number of carbonyl (C=O) groups excluding carboxylic acids is 1. The molecule has 100 valence electrons. The quantitative estimate of drug-likeness (QED) is 0.597. The Balaban J connectivity index is 2.70. The summed E-state index contributed by atoms with van der Waals surface area (Å²) in [5, 5.41) is 0. The molecule has 0 aliphatic carbocycles. The summed E-state index contributed by atoms with van der Waals surface area (Å²) < 4.78 is 16.4. The lowest BCUT2D eigenvalue weighted by atomic mass is 10.2. The van der Waals surface area contributed by atoms with E-state index in [1.165, 1.54) is 6.07 Å². The van der Waals surface area contributed by atoms with Crippen LogP contribution in [-0.4, -0.2) is 16.2 Å². The van der Waals surface area contributed by atoms with Gasteiger partial charge in [0.05, 0.1) is 11.6 Å². The normalized spacial score (nSPS) is 10.8. The maximum Gasteiger partial charge on any atom is 0.179 e. The molecule has 1 aromatic heterocycles. The maximum atomic E-state index is 14.0. The molecule has 0 radical (unpaired) electrons. The van der Waals surface area contributed by atoms with Crippen LogP contribution in [0.1, 0.15) is 21.7 Å². The highest BCUT2D eigenvalue weighted by molar-refractivity contribution is 9.10. The highest BCUT2D eigenvalue weighted by Crippen LogP contribution is 2.29. The van der Waals surface area contributed by atoms with Gasteiger partial charge in [-0.3, -0.25) is 4.79 Å². The van der Waals surface area contributed by atoms with Crippen molar-refractivity contribution >= 4 is 33.3 Å². The first kappa shape index (κ1) is 14.3. The van der Waals surface area contributed by atoms with Crippen LogP contribution in [0.4, 0.5) is 4.39 Å². The number of hydrogen-bond donors (Lipinski definition) is 0. The standard InChI is InChI=1S/C14H12BrClFNO/c1-8-6-10(13(19)7-16)9(2)18(8)14-11(15)4-3-5-12(14)17/h3-6H,7H2,1-2H3. The number of Topliss-reactive ketones (excluding diaryl/α,β-unsaturated/α-hetero) is 1. The number of nitrogens with zero attached hydrogens (tertiary/aromatic N) is 1. The molecular weight excluding hydrogens is 333 g/mol. The fraction of sp³-hybridized carbons (Fsp3) is 0.214. The molecule has 0 saturated heterocycles. The van der Waals surface area contributed by atoms with Crippen LogP contribution in [0.5, 0.6) is 0 Å². The molecule has 1 aromatic carbocycles. The molecule has 0 spiro atoms.